The van der Waals surface area contributed by atoms with Crippen molar-refractivity contribution in [3.8, 4) is 5.75 Å². The molecule has 4 heteroatoms. The molecule has 0 aliphatic carbocycles. The van der Waals surface area contributed by atoms with Gasteiger partial charge < -0.3 is 14.4 Å². The van der Waals surface area contributed by atoms with Crippen molar-refractivity contribution in [2.45, 2.75) is 13.3 Å². The van der Waals surface area contributed by atoms with Crippen LogP contribution in [0.1, 0.15) is 18.9 Å². The van der Waals surface area contributed by atoms with Gasteiger partial charge in [0.05, 0.1) is 17.3 Å². The Kier molecular flexibility index (Phi) is 6.10. The molecule has 1 aromatic rings. The molecule has 0 aromatic heterocycles. The van der Waals surface area contributed by atoms with Crippen molar-refractivity contribution >= 4 is 17.3 Å². The van der Waals surface area contributed by atoms with Gasteiger partial charge >= 0.3 is 0 Å². The predicted molar refractivity (Wildman–Crippen MR) is 91.9 cm³/mol. The maximum Gasteiger partial charge on any atom is 0.119 e. The SMILES string of the molecule is C=C1C(Cl)=CC=C(c2ccc(OCCCOC)cc2)N1CC. The predicted octanol–water partition coefficient (Wildman–Crippen LogP) is 4.41. The summed E-state index contributed by atoms with van der Waals surface area (Å²) in [6.07, 6.45) is 4.80. The van der Waals surface area contributed by atoms with Gasteiger partial charge in [-0.15, -0.1) is 0 Å². The Morgan fingerprint density at radius 3 is 2.50 bits per heavy atom. The minimum absolute atomic E-state index is 0.659. The second-order valence-electron chi connectivity index (χ2n) is 4.98. The molecule has 118 valence electrons. The lowest BCUT2D eigenvalue weighted by Gasteiger charge is -2.30. The van der Waals surface area contributed by atoms with Gasteiger partial charge in [-0.3, -0.25) is 0 Å². The van der Waals surface area contributed by atoms with Gasteiger partial charge in [0.15, 0.2) is 0 Å². The lowest BCUT2D eigenvalue weighted by Crippen LogP contribution is -2.22. The van der Waals surface area contributed by atoms with Crippen molar-refractivity contribution < 1.29 is 9.47 Å². The van der Waals surface area contributed by atoms with Crippen LogP contribution in [-0.2, 0) is 4.74 Å². The molecule has 1 aromatic carbocycles. The number of hydrogen-bond donors (Lipinski definition) is 0. The third-order valence-corrected chi connectivity index (χ3v) is 3.85. The third-order valence-electron chi connectivity index (χ3n) is 3.51. The molecule has 0 saturated heterocycles. The minimum Gasteiger partial charge on any atom is -0.494 e. The van der Waals surface area contributed by atoms with Crippen molar-refractivity contribution in [2.75, 3.05) is 26.9 Å². The van der Waals surface area contributed by atoms with Crippen molar-refractivity contribution in [1.29, 1.82) is 0 Å². The number of ether oxygens (including phenoxy) is 2. The van der Waals surface area contributed by atoms with Crippen LogP contribution in [-0.4, -0.2) is 31.8 Å². The fourth-order valence-corrected chi connectivity index (χ4v) is 2.51. The highest BCUT2D eigenvalue weighted by Crippen LogP contribution is 2.32. The van der Waals surface area contributed by atoms with Gasteiger partial charge in [-0.2, -0.15) is 0 Å². The number of nitrogens with zero attached hydrogens (tertiary/aromatic N) is 1. The second kappa shape index (κ2) is 8.06. The molecule has 0 saturated carbocycles. The molecule has 1 aliphatic rings. The van der Waals surface area contributed by atoms with E-state index in [1.54, 1.807) is 7.11 Å². The number of likely N-dealkylation sites (N-methyl/N-ethyl adjacent to an activating group) is 1. The van der Waals surface area contributed by atoms with Crippen LogP contribution >= 0.6 is 11.6 Å². The Balaban J connectivity index is 2.08. The number of halogens is 1. The number of hydrogen-bond acceptors (Lipinski definition) is 3. The second-order valence-corrected chi connectivity index (χ2v) is 5.38. The van der Waals surface area contributed by atoms with Crippen LogP contribution < -0.4 is 4.74 Å². The summed E-state index contributed by atoms with van der Waals surface area (Å²) in [5.74, 6) is 0.867. The molecule has 22 heavy (non-hydrogen) atoms. The molecule has 1 heterocycles. The van der Waals surface area contributed by atoms with Gasteiger partial charge in [-0.25, -0.2) is 0 Å². The standard InChI is InChI=1S/C18H22ClNO2/c1-4-20-14(2)17(19)10-11-18(20)15-6-8-16(9-7-15)22-13-5-12-21-3/h6-11H,2,4-5,12-13H2,1,3H3. The third kappa shape index (κ3) is 3.93. The first-order valence-electron chi connectivity index (χ1n) is 7.43. The Hall–Kier alpha value is -1.71. The van der Waals surface area contributed by atoms with E-state index < -0.39 is 0 Å². The van der Waals surface area contributed by atoms with E-state index in [9.17, 15) is 0 Å². The van der Waals surface area contributed by atoms with Crippen LogP contribution in [0.15, 0.2) is 53.7 Å². The summed E-state index contributed by atoms with van der Waals surface area (Å²) in [6.45, 7) is 8.33. The zero-order valence-corrected chi connectivity index (χ0v) is 13.9. The van der Waals surface area contributed by atoms with Crippen molar-refractivity contribution in [3.05, 3.63) is 59.3 Å². The van der Waals surface area contributed by atoms with E-state index in [0.717, 1.165) is 35.7 Å². The molecule has 1 aliphatic heterocycles. The van der Waals surface area contributed by atoms with Gasteiger partial charge in [0, 0.05) is 32.4 Å². The van der Waals surface area contributed by atoms with E-state index in [1.807, 2.05) is 24.3 Å². The smallest absolute Gasteiger partial charge is 0.119 e. The minimum atomic E-state index is 0.659. The molecule has 3 nitrogen and oxygen atoms in total. The maximum absolute atomic E-state index is 6.15. The monoisotopic (exact) mass is 319 g/mol. The van der Waals surface area contributed by atoms with Crippen LogP contribution in [0, 0.1) is 0 Å². The zero-order valence-electron chi connectivity index (χ0n) is 13.1. The Morgan fingerprint density at radius 1 is 1.14 bits per heavy atom. The molecule has 2 rings (SSSR count). The molecule has 0 amide bonds. The number of methoxy groups -OCH3 is 1. The van der Waals surface area contributed by atoms with E-state index >= 15 is 0 Å². The fraction of sp³-hybridized carbons (Fsp3) is 0.333. The van der Waals surface area contributed by atoms with Gasteiger partial charge in [-0.05, 0) is 48.9 Å². The van der Waals surface area contributed by atoms with E-state index in [0.29, 0.717) is 18.2 Å². The molecular weight excluding hydrogens is 298 g/mol. The summed E-state index contributed by atoms with van der Waals surface area (Å²) in [5.41, 5.74) is 3.05. The van der Waals surface area contributed by atoms with Gasteiger partial charge in [0.1, 0.15) is 5.75 Å². The Morgan fingerprint density at radius 2 is 1.86 bits per heavy atom. The fourth-order valence-electron chi connectivity index (χ4n) is 2.34. The highest BCUT2D eigenvalue weighted by atomic mass is 35.5. The summed E-state index contributed by atoms with van der Waals surface area (Å²) >= 11 is 6.15. The van der Waals surface area contributed by atoms with Crippen LogP contribution in [0.2, 0.25) is 0 Å². The largest absolute Gasteiger partial charge is 0.494 e. The van der Waals surface area contributed by atoms with Gasteiger partial charge in [0.2, 0.25) is 0 Å². The molecule has 0 bridgehead atoms. The highest BCUT2D eigenvalue weighted by Gasteiger charge is 2.18. The molecule has 0 spiro atoms. The van der Waals surface area contributed by atoms with E-state index in [-0.39, 0.29) is 0 Å². The number of benzene rings is 1. The normalized spacial score (nSPS) is 14.7. The molecule has 0 unspecified atom stereocenters. The quantitative estimate of drug-likeness (QED) is 0.695. The first-order valence-corrected chi connectivity index (χ1v) is 7.81. The van der Waals surface area contributed by atoms with Gasteiger partial charge in [-0.1, -0.05) is 18.2 Å². The maximum atomic E-state index is 6.15. The van der Waals surface area contributed by atoms with Crippen molar-refractivity contribution in [3.63, 3.8) is 0 Å². The number of rotatable bonds is 7. The molecule has 0 radical (unpaired) electrons. The average Bonchev–Trinajstić information content (AvgIpc) is 2.55. The molecular formula is C18H22ClNO2. The highest BCUT2D eigenvalue weighted by molar-refractivity contribution is 6.32. The van der Waals surface area contributed by atoms with Crippen LogP contribution in [0.5, 0.6) is 5.75 Å². The zero-order chi connectivity index (χ0) is 15.9. The lowest BCUT2D eigenvalue weighted by molar-refractivity contribution is 0.172. The Labute approximate surface area is 137 Å². The average molecular weight is 320 g/mol. The van der Waals surface area contributed by atoms with Crippen LogP contribution in [0.3, 0.4) is 0 Å². The van der Waals surface area contributed by atoms with Crippen molar-refractivity contribution in [1.82, 2.24) is 4.90 Å². The first kappa shape index (κ1) is 16.7. The summed E-state index contributed by atoms with van der Waals surface area (Å²) in [7, 11) is 1.70. The lowest BCUT2D eigenvalue weighted by atomic mass is 10.1. The van der Waals surface area contributed by atoms with Crippen LogP contribution in [0.4, 0.5) is 0 Å². The summed E-state index contributed by atoms with van der Waals surface area (Å²) < 4.78 is 10.7. The van der Waals surface area contributed by atoms with Gasteiger partial charge in [0.25, 0.3) is 0 Å². The molecule has 0 fully saturated rings. The van der Waals surface area contributed by atoms with Crippen LogP contribution in [0.25, 0.3) is 5.70 Å². The topological polar surface area (TPSA) is 21.7 Å². The first-order chi connectivity index (χ1) is 10.7. The van der Waals surface area contributed by atoms with E-state index in [2.05, 4.69) is 30.5 Å². The summed E-state index contributed by atoms with van der Waals surface area (Å²) in [5, 5.41) is 0.684. The van der Waals surface area contributed by atoms with Crippen molar-refractivity contribution in [2.24, 2.45) is 0 Å². The Bertz CT molecular complexity index is 575. The molecule has 0 N–H and O–H groups in total. The summed E-state index contributed by atoms with van der Waals surface area (Å²) in [6, 6.07) is 8.08. The van der Waals surface area contributed by atoms with E-state index in [4.69, 9.17) is 21.1 Å². The molecule has 0 atom stereocenters. The number of allylic oxidation sites excluding steroid dienone is 3. The van der Waals surface area contributed by atoms with E-state index in [1.165, 1.54) is 0 Å². The summed E-state index contributed by atoms with van der Waals surface area (Å²) in [4.78, 5) is 2.11.